The standard InChI is InChI=1S/C19H18N4S/c24-19(21-12-10-15-5-2-1-3-6-15)23-22-14-16-8-9-18-17(13-16)7-4-11-20-18/h1-9,11,13-14H,10,12H2,(H2,21,23,24)/b22-14+. The normalized spacial score (nSPS) is 10.8. The van der Waals surface area contributed by atoms with E-state index in [4.69, 9.17) is 12.2 Å². The minimum absolute atomic E-state index is 0.518. The second-order valence-electron chi connectivity index (χ2n) is 5.32. The number of rotatable bonds is 5. The lowest BCUT2D eigenvalue weighted by atomic mass is 10.1. The van der Waals surface area contributed by atoms with Crippen molar-refractivity contribution in [3.8, 4) is 0 Å². The Hall–Kier alpha value is -2.79. The lowest BCUT2D eigenvalue weighted by Gasteiger charge is -2.06. The third-order valence-corrected chi connectivity index (χ3v) is 3.78. The van der Waals surface area contributed by atoms with E-state index in [1.807, 2.05) is 48.5 Å². The maximum Gasteiger partial charge on any atom is 0.186 e. The summed E-state index contributed by atoms with van der Waals surface area (Å²) >= 11 is 5.22. The number of thiocarbonyl (C=S) groups is 1. The van der Waals surface area contributed by atoms with Gasteiger partial charge in [-0.3, -0.25) is 10.4 Å². The molecule has 1 aromatic heterocycles. The maximum atomic E-state index is 5.22. The van der Waals surface area contributed by atoms with Gasteiger partial charge in [-0.2, -0.15) is 5.10 Å². The third-order valence-electron chi connectivity index (χ3n) is 3.55. The lowest BCUT2D eigenvalue weighted by Crippen LogP contribution is -2.33. The Morgan fingerprint density at radius 2 is 1.96 bits per heavy atom. The van der Waals surface area contributed by atoms with Crippen molar-refractivity contribution in [3.05, 3.63) is 78.0 Å². The summed E-state index contributed by atoms with van der Waals surface area (Å²) < 4.78 is 0. The van der Waals surface area contributed by atoms with Crippen LogP contribution in [0.15, 0.2) is 72.0 Å². The monoisotopic (exact) mass is 334 g/mol. The molecule has 2 aromatic carbocycles. The van der Waals surface area contributed by atoms with Crippen LogP contribution in [0.25, 0.3) is 10.9 Å². The van der Waals surface area contributed by atoms with Crippen LogP contribution >= 0.6 is 12.2 Å². The van der Waals surface area contributed by atoms with Crippen molar-refractivity contribution in [2.45, 2.75) is 6.42 Å². The number of nitrogens with zero attached hydrogens (tertiary/aromatic N) is 2. The summed E-state index contributed by atoms with van der Waals surface area (Å²) in [4.78, 5) is 4.30. The van der Waals surface area contributed by atoms with Gasteiger partial charge >= 0.3 is 0 Å². The van der Waals surface area contributed by atoms with Crippen LogP contribution in [0.4, 0.5) is 0 Å². The predicted molar refractivity (Wildman–Crippen MR) is 103 cm³/mol. The molecule has 1 heterocycles. The van der Waals surface area contributed by atoms with Gasteiger partial charge in [-0.25, -0.2) is 0 Å². The van der Waals surface area contributed by atoms with Gasteiger partial charge in [-0.05, 0) is 48.0 Å². The van der Waals surface area contributed by atoms with Gasteiger partial charge in [0.25, 0.3) is 0 Å². The van der Waals surface area contributed by atoms with E-state index in [9.17, 15) is 0 Å². The predicted octanol–water partition coefficient (Wildman–Crippen LogP) is 3.28. The largest absolute Gasteiger partial charge is 0.361 e. The van der Waals surface area contributed by atoms with Gasteiger partial charge in [0.2, 0.25) is 0 Å². The molecule has 0 aliphatic carbocycles. The third kappa shape index (κ3) is 4.60. The molecule has 0 spiro atoms. The van der Waals surface area contributed by atoms with Crippen LogP contribution in [0.5, 0.6) is 0 Å². The SMILES string of the molecule is S=C(NCCc1ccccc1)N/N=C/c1ccc2ncccc2c1. The molecule has 0 aliphatic heterocycles. The highest BCUT2D eigenvalue weighted by molar-refractivity contribution is 7.80. The zero-order valence-corrected chi connectivity index (χ0v) is 14.0. The molecule has 0 aliphatic rings. The van der Waals surface area contributed by atoms with Crippen molar-refractivity contribution in [2.75, 3.05) is 6.54 Å². The van der Waals surface area contributed by atoms with Crippen molar-refractivity contribution in [1.29, 1.82) is 0 Å². The number of pyridine rings is 1. The zero-order valence-electron chi connectivity index (χ0n) is 13.1. The summed E-state index contributed by atoms with van der Waals surface area (Å²) in [6.45, 7) is 0.771. The zero-order chi connectivity index (χ0) is 16.6. The van der Waals surface area contributed by atoms with Gasteiger partial charge in [-0.15, -0.1) is 0 Å². The van der Waals surface area contributed by atoms with E-state index in [1.54, 1.807) is 12.4 Å². The highest BCUT2D eigenvalue weighted by Crippen LogP contribution is 2.11. The smallest absolute Gasteiger partial charge is 0.186 e. The van der Waals surface area contributed by atoms with Crippen LogP contribution in [0.1, 0.15) is 11.1 Å². The van der Waals surface area contributed by atoms with E-state index in [0.717, 1.165) is 29.4 Å². The fourth-order valence-corrected chi connectivity index (χ4v) is 2.50. The Bertz CT molecular complexity index is 846. The first-order valence-electron chi connectivity index (χ1n) is 7.77. The molecule has 0 fully saturated rings. The van der Waals surface area contributed by atoms with E-state index in [-0.39, 0.29) is 0 Å². The fourth-order valence-electron chi connectivity index (χ4n) is 2.34. The molecule has 0 amide bonds. The van der Waals surface area contributed by atoms with E-state index < -0.39 is 0 Å². The van der Waals surface area contributed by atoms with Gasteiger partial charge in [0.1, 0.15) is 0 Å². The molecule has 0 radical (unpaired) electrons. The minimum Gasteiger partial charge on any atom is -0.361 e. The van der Waals surface area contributed by atoms with Crippen LogP contribution < -0.4 is 10.7 Å². The molecule has 3 rings (SSSR count). The molecule has 0 bridgehead atoms. The molecule has 0 unspecified atom stereocenters. The summed E-state index contributed by atoms with van der Waals surface area (Å²) in [6.07, 6.45) is 4.46. The van der Waals surface area contributed by atoms with Crippen molar-refractivity contribution in [2.24, 2.45) is 5.10 Å². The Morgan fingerprint density at radius 1 is 1.08 bits per heavy atom. The van der Waals surface area contributed by atoms with Crippen molar-refractivity contribution < 1.29 is 0 Å². The van der Waals surface area contributed by atoms with Crippen LogP contribution in [0.3, 0.4) is 0 Å². The molecule has 24 heavy (non-hydrogen) atoms. The highest BCUT2D eigenvalue weighted by Gasteiger charge is 1.96. The number of aromatic nitrogens is 1. The topological polar surface area (TPSA) is 49.3 Å². The van der Waals surface area contributed by atoms with E-state index >= 15 is 0 Å². The van der Waals surface area contributed by atoms with Crippen LogP contribution in [0, 0.1) is 0 Å². The molecule has 0 saturated carbocycles. The molecular weight excluding hydrogens is 316 g/mol. The molecule has 0 saturated heterocycles. The molecule has 3 aromatic rings. The Kier molecular flexibility index (Phi) is 5.48. The average Bonchev–Trinajstić information content (AvgIpc) is 2.62. The quantitative estimate of drug-likeness (QED) is 0.427. The fraction of sp³-hybridized carbons (Fsp3) is 0.105. The summed E-state index contributed by atoms with van der Waals surface area (Å²) in [5.41, 5.74) is 6.09. The molecule has 0 atom stereocenters. The van der Waals surface area contributed by atoms with Gasteiger partial charge in [-0.1, -0.05) is 42.5 Å². The number of hydrogen-bond donors (Lipinski definition) is 2. The lowest BCUT2D eigenvalue weighted by molar-refractivity contribution is 0.838. The minimum atomic E-state index is 0.518. The van der Waals surface area contributed by atoms with E-state index in [0.29, 0.717) is 5.11 Å². The molecule has 5 heteroatoms. The summed E-state index contributed by atoms with van der Waals surface area (Å²) in [5, 5.41) is 8.92. The summed E-state index contributed by atoms with van der Waals surface area (Å²) in [5.74, 6) is 0. The van der Waals surface area contributed by atoms with Crippen molar-refractivity contribution >= 4 is 34.4 Å². The van der Waals surface area contributed by atoms with Gasteiger partial charge in [0.05, 0.1) is 11.7 Å². The van der Waals surface area contributed by atoms with E-state index in [1.165, 1.54) is 5.56 Å². The molecule has 120 valence electrons. The summed E-state index contributed by atoms with van der Waals surface area (Å²) in [6, 6.07) is 20.2. The van der Waals surface area contributed by atoms with Crippen molar-refractivity contribution in [3.63, 3.8) is 0 Å². The maximum absolute atomic E-state index is 5.22. The number of nitrogens with one attached hydrogen (secondary N) is 2. The molecule has 4 nitrogen and oxygen atoms in total. The van der Waals surface area contributed by atoms with Crippen LogP contribution in [-0.4, -0.2) is 22.9 Å². The second kappa shape index (κ2) is 8.17. The van der Waals surface area contributed by atoms with Gasteiger partial charge < -0.3 is 5.32 Å². The Balaban J connectivity index is 1.47. The summed E-state index contributed by atoms with van der Waals surface area (Å²) in [7, 11) is 0. The first kappa shape index (κ1) is 16.1. The molecular formula is C19H18N4S. The number of hydrazone groups is 1. The number of benzene rings is 2. The van der Waals surface area contributed by atoms with Gasteiger partial charge in [0, 0.05) is 18.1 Å². The Morgan fingerprint density at radius 3 is 2.83 bits per heavy atom. The average molecular weight is 334 g/mol. The van der Waals surface area contributed by atoms with Crippen molar-refractivity contribution in [1.82, 2.24) is 15.7 Å². The first-order chi connectivity index (χ1) is 11.8. The second-order valence-corrected chi connectivity index (χ2v) is 5.73. The molecule has 2 N–H and O–H groups in total. The first-order valence-corrected chi connectivity index (χ1v) is 8.18. The van der Waals surface area contributed by atoms with E-state index in [2.05, 4.69) is 33.0 Å². The number of hydrogen-bond acceptors (Lipinski definition) is 3. The van der Waals surface area contributed by atoms with Crippen LogP contribution in [0.2, 0.25) is 0 Å². The van der Waals surface area contributed by atoms with Crippen LogP contribution in [-0.2, 0) is 6.42 Å². The Labute approximate surface area is 146 Å². The number of fused-ring (bicyclic) bond motifs is 1. The van der Waals surface area contributed by atoms with Gasteiger partial charge in [0.15, 0.2) is 5.11 Å². The highest BCUT2D eigenvalue weighted by atomic mass is 32.1.